The van der Waals surface area contributed by atoms with Crippen LogP contribution in [-0.4, -0.2) is 74.9 Å². The number of quaternary nitrogens is 1. The Bertz CT molecular complexity index is 886. The van der Waals surface area contributed by atoms with Gasteiger partial charge in [-0.15, -0.1) is 0 Å². The molecule has 0 aromatic rings. The molecule has 0 radical (unpaired) electrons. The summed E-state index contributed by atoms with van der Waals surface area (Å²) in [6.45, 7) is 4.34. The Balaban J connectivity index is 4.46. The first-order valence-corrected chi connectivity index (χ1v) is 20.6. The Hall–Kier alpha value is -1.51. The average molecular weight is 703 g/mol. The van der Waals surface area contributed by atoms with E-state index in [4.69, 9.17) is 18.5 Å². The molecule has 0 rings (SSSR count). The maximum Gasteiger partial charge on any atom is 0.472 e. The van der Waals surface area contributed by atoms with Gasteiger partial charge in [0.15, 0.2) is 6.10 Å². The fraction of sp³-hybridized carbons (Fsp3) is 0.842. The van der Waals surface area contributed by atoms with Crippen LogP contribution in [-0.2, 0) is 32.7 Å². The van der Waals surface area contributed by atoms with Gasteiger partial charge in [-0.1, -0.05) is 128 Å². The Labute approximate surface area is 294 Å². The minimum absolute atomic E-state index is 0.0297. The molecule has 0 aliphatic carbocycles. The molecule has 0 bridgehead atoms. The molecular formula is C38H73NO8P+. The third kappa shape index (κ3) is 34.4. The van der Waals surface area contributed by atoms with E-state index in [2.05, 4.69) is 38.2 Å². The van der Waals surface area contributed by atoms with Crippen LogP contribution in [0.15, 0.2) is 24.3 Å². The van der Waals surface area contributed by atoms with Crippen molar-refractivity contribution in [3.8, 4) is 0 Å². The van der Waals surface area contributed by atoms with Crippen LogP contribution < -0.4 is 0 Å². The standard InChI is InChI=1S/C38H72NO8P/c1-6-8-10-12-14-16-17-18-19-20-21-23-25-27-29-31-38(41)47-36(35-46-48(42,43)45-33-32-39(3,4)5)34-44-37(40)30-28-26-24-22-15-13-11-9-7-2/h16-19,36H,6-15,20-35H2,1-5H3/p+1/b17-16+,19-18+/t36-/m1/s1. The second-order valence-electron chi connectivity index (χ2n) is 14.0. The van der Waals surface area contributed by atoms with Gasteiger partial charge < -0.3 is 18.9 Å². The van der Waals surface area contributed by atoms with Crippen molar-refractivity contribution in [2.45, 2.75) is 161 Å². The molecule has 1 unspecified atom stereocenters. The molecule has 0 spiro atoms. The van der Waals surface area contributed by atoms with E-state index in [0.717, 1.165) is 57.8 Å². The molecule has 0 aliphatic heterocycles. The summed E-state index contributed by atoms with van der Waals surface area (Å²) in [5.41, 5.74) is 0. The lowest BCUT2D eigenvalue weighted by Crippen LogP contribution is -2.37. The largest absolute Gasteiger partial charge is 0.472 e. The minimum atomic E-state index is -4.36. The summed E-state index contributed by atoms with van der Waals surface area (Å²) in [6, 6.07) is 0. The topological polar surface area (TPSA) is 108 Å². The van der Waals surface area contributed by atoms with Crippen LogP contribution in [0.25, 0.3) is 0 Å². The van der Waals surface area contributed by atoms with Crippen LogP contribution in [0, 0.1) is 0 Å². The highest BCUT2D eigenvalue weighted by molar-refractivity contribution is 7.47. The first kappa shape index (κ1) is 46.5. The molecule has 2 atom stereocenters. The van der Waals surface area contributed by atoms with Crippen molar-refractivity contribution in [2.75, 3.05) is 47.5 Å². The molecule has 0 aromatic carbocycles. The van der Waals surface area contributed by atoms with E-state index in [9.17, 15) is 19.0 Å². The zero-order chi connectivity index (χ0) is 35.8. The second kappa shape index (κ2) is 31.5. The van der Waals surface area contributed by atoms with Crippen molar-refractivity contribution in [3.05, 3.63) is 24.3 Å². The summed E-state index contributed by atoms with van der Waals surface area (Å²) in [7, 11) is 1.47. The lowest BCUT2D eigenvalue weighted by molar-refractivity contribution is -0.870. The number of esters is 2. The van der Waals surface area contributed by atoms with Crippen LogP contribution in [0.4, 0.5) is 0 Å². The van der Waals surface area contributed by atoms with Crippen LogP contribution in [0.3, 0.4) is 0 Å². The summed E-state index contributed by atoms with van der Waals surface area (Å²) >= 11 is 0. The van der Waals surface area contributed by atoms with Gasteiger partial charge in [0, 0.05) is 12.8 Å². The number of nitrogens with zero attached hydrogens (tertiary/aromatic N) is 1. The number of carbonyl (C=O) groups is 2. The van der Waals surface area contributed by atoms with Gasteiger partial charge in [-0.05, 0) is 38.5 Å². The summed E-state index contributed by atoms with van der Waals surface area (Å²) in [4.78, 5) is 35.1. The van der Waals surface area contributed by atoms with Crippen molar-refractivity contribution < 1.29 is 42.1 Å². The number of ether oxygens (including phenoxy) is 2. The number of unbranched alkanes of at least 4 members (excludes halogenated alkanes) is 17. The summed E-state index contributed by atoms with van der Waals surface area (Å²) in [6.07, 6.45) is 30.8. The zero-order valence-electron chi connectivity index (χ0n) is 31.5. The fourth-order valence-electron chi connectivity index (χ4n) is 4.94. The van der Waals surface area contributed by atoms with Gasteiger partial charge in [0.05, 0.1) is 27.7 Å². The Morgan fingerprint density at radius 3 is 1.62 bits per heavy atom. The van der Waals surface area contributed by atoms with Gasteiger partial charge in [0.1, 0.15) is 19.8 Å². The van der Waals surface area contributed by atoms with Gasteiger partial charge in [0.25, 0.3) is 0 Å². The maximum absolute atomic E-state index is 12.6. The van der Waals surface area contributed by atoms with Gasteiger partial charge in [0.2, 0.25) is 0 Å². The third-order valence-corrected chi connectivity index (χ3v) is 9.00. The van der Waals surface area contributed by atoms with Crippen LogP contribution in [0.2, 0.25) is 0 Å². The van der Waals surface area contributed by atoms with E-state index in [1.807, 2.05) is 21.1 Å². The molecule has 0 saturated carbocycles. The first-order valence-electron chi connectivity index (χ1n) is 19.1. The van der Waals surface area contributed by atoms with E-state index < -0.39 is 26.5 Å². The number of hydrogen-bond acceptors (Lipinski definition) is 7. The predicted octanol–water partition coefficient (Wildman–Crippen LogP) is 10.0. The molecule has 0 aromatic heterocycles. The number of hydrogen-bond donors (Lipinski definition) is 1. The molecule has 0 saturated heterocycles. The molecule has 282 valence electrons. The van der Waals surface area contributed by atoms with Gasteiger partial charge in [-0.25, -0.2) is 4.57 Å². The predicted molar refractivity (Wildman–Crippen MR) is 197 cm³/mol. The number of rotatable bonds is 34. The third-order valence-electron chi connectivity index (χ3n) is 8.01. The molecule has 1 N–H and O–H groups in total. The average Bonchev–Trinajstić information content (AvgIpc) is 3.02. The van der Waals surface area contributed by atoms with E-state index >= 15 is 0 Å². The van der Waals surface area contributed by atoms with Crippen molar-refractivity contribution in [2.24, 2.45) is 0 Å². The van der Waals surface area contributed by atoms with Crippen LogP contribution in [0.5, 0.6) is 0 Å². The number of carbonyl (C=O) groups excluding carboxylic acids is 2. The smallest absolute Gasteiger partial charge is 0.462 e. The quantitative estimate of drug-likeness (QED) is 0.0232. The number of likely N-dealkylation sites (N-methyl/N-ethyl adjacent to an activating group) is 1. The monoisotopic (exact) mass is 703 g/mol. The summed E-state index contributed by atoms with van der Waals surface area (Å²) < 4.78 is 34.1. The Kier molecular flexibility index (Phi) is 30.5. The Morgan fingerprint density at radius 1 is 0.646 bits per heavy atom. The molecule has 10 heteroatoms. The number of allylic oxidation sites excluding steroid dienone is 4. The zero-order valence-corrected chi connectivity index (χ0v) is 32.4. The van der Waals surface area contributed by atoms with Crippen molar-refractivity contribution in [1.82, 2.24) is 0 Å². The number of phosphoric ester groups is 1. The molecule has 0 heterocycles. The van der Waals surface area contributed by atoms with E-state index in [1.165, 1.54) is 64.2 Å². The summed E-state index contributed by atoms with van der Waals surface area (Å²) in [5, 5.41) is 0. The van der Waals surface area contributed by atoms with Crippen molar-refractivity contribution >= 4 is 19.8 Å². The van der Waals surface area contributed by atoms with Crippen LogP contribution >= 0.6 is 7.82 Å². The lowest BCUT2D eigenvalue weighted by atomic mass is 10.1. The molecule has 0 aliphatic rings. The summed E-state index contributed by atoms with van der Waals surface area (Å²) in [5.74, 6) is -0.819. The van der Waals surface area contributed by atoms with Crippen LogP contribution in [0.1, 0.15) is 155 Å². The normalized spacial score (nSPS) is 14.0. The highest BCUT2D eigenvalue weighted by Gasteiger charge is 2.27. The van der Waals surface area contributed by atoms with E-state index in [1.54, 1.807) is 0 Å². The highest BCUT2D eigenvalue weighted by Crippen LogP contribution is 2.43. The Morgan fingerprint density at radius 2 is 1.10 bits per heavy atom. The maximum atomic E-state index is 12.6. The van der Waals surface area contributed by atoms with Crippen molar-refractivity contribution in [1.29, 1.82) is 0 Å². The van der Waals surface area contributed by atoms with Gasteiger partial charge >= 0.3 is 19.8 Å². The fourth-order valence-corrected chi connectivity index (χ4v) is 5.69. The lowest BCUT2D eigenvalue weighted by Gasteiger charge is -2.24. The van der Waals surface area contributed by atoms with E-state index in [-0.39, 0.29) is 32.0 Å². The van der Waals surface area contributed by atoms with Gasteiger partial charge in [-0.3, -0.25) is 18.6 Å². The molecule has 9 nitrogen and oxygen atoms in total. The molecular weight excluding hydrogens is 629 g/mol. The highest BCUT2D eigenvalue weighted by atomic mass is 31.2. The minimum Gasteiger partial charge on any atom is -0.462 e. The van der Waals surface area contributed by atoms with E-state index in [0.29, 0.717) is 17.4 Å². The first-order chi connectivity index (χ1) is 23.0. The van der Waals surface area contributed by atoms with Crippen molar-refractivity contribution in [3.63, 3.8) is 0 Å². The second-order valence-corrected chi connectivity index (χ2v) is 15.5. The molecule has 48 heavy (non-hydrogen) atoms. The van der Waals surface area contributed by atoms with Gasteiger partial charge in [-0.2, -0.15) is 0 Å². The molecule has 0 amide bonds. The number of phosphoric acid groups is 1. The SMILES string of the molecule is CCCCCC/C=C/C=C/CCCCCCCC(=O)O[C@H](COC(=O)CCCCCCCCCCC)COP(=O)(O)OCC[N+](C)(C)C. The molecule has 0 fully saturated rings.